The van der Waals surface area contributed by atoms with E-state index in [-0.39, 0.29) is 31.0 Å². The van der Waals surface area contributed by atoms with Gasteiger partial charge < -0.3 is 29.8 Å². The normalized spacial score (nSPS) is 24.6. The molecule has 25 heavy (non-hydrogen) atoms. The molecular formula is C18H23NO6. The number of fused-ring (bicyclic) bond motifs is 1. The summed E-state index contributed by atoms with van der Waals surface area (Å²) in [5, 5.41) is 9.23. The van der Waals surface area contributed by atoms with Crippen LogP contribution < -0.4 is 15.2 Å². The minimum absolute atomic E-state index is 0.0597. The maximum absolute atomic E-state index is 11.7. The molecule has 2 heterocycles. The van der Waals surface area contributed by atoms with Crippen molar-refractivity contribution in [2.75, 3.05) is 20.0 Å². The van der Waals surface area contributed by atoms with E-state index in [9.17, 15) is 9.90 Å². The summed E-state index contributed by atoms with van der Waals surface area (Å²) in [7, 11) is 0. The van der Waals surface area contributed by atoms with E-state index in [0.717, 1.165) is 5.56 Å². The van der Waals surface area contributed by atoms with Crippen molar-refractivity contribution in [1.29, 1.82) is 0 Å². The minimum Gasteiger partial charge on any atom is -0.459 e. The molecule has 0 fully saturated rings. The van der Waals surface area contributed by atoms with Crippen molar-refractivity contribution in [2.45, 2.75) is 32.0 Å². The lowest BCUT2D eigenvalue weighted by Crippen LogP contribution is -2.37. The second-order valence-electron chi connectivity index (χ2n) is 6.00. The number of hydrogen-bond acceptors (Lipinski definition) is 6. The zero-order valence-corrected chi connectivity index (χ0v) is 14.1. The third-order valence-corrected chi connectivity index (χ3v) is 4.44. The van der Waals surface area contributed by atoms with E-state index in [1.165, 1.54) is 0 Å². The fourth-order valence-electron chi connectivity index (χ4n) is 3.28. The Labute approximate surface area is 146 Å². The SMILES string of the molecule is CCO[C@@H]1OC(C(N)=O)=C[C@H](c2ccc3c(c2)OCO3)[C@H]1CCCO. The van der Waals surface area contributed by atoms with E-state index in [1.807, 2.05) is 25.1 Å². The van der Waals surface area contributed by atoms with Gasteiger partial charge in [0.15, 0.2) is 17.3 Å². The van der Waals surface area contributed by atoms with Crippen LogP contribution in [-0.4, -0.2) is 37.3 Å². The zero-order chi connectivity index (χ0) is 17.8. The Kier molecular flexibility index (Phi) is 5.45. The second-order valence-corrected chi connectivity index (χ2v) is 6.00. The molecule has 0 aromatic heterocycles. The molecule has 7 nitrogen and oxygen atoms in total. The number of ether oxygens (including phenoxy) is 4. The standard InChI is InChI=1S/C18H23NO6/c1-2-22-18-12(4-3-7-20)13(9-16(25-18)17(19)21)11-5-6-14-15(8-11)24-10-23-14/h5-6,8-9,12-13,18,20H,2-4,7,10H2,1H3,(H2,19,21)/t12-,13-,18-/m1/s1. The molecule has 0 aliphatic carbocycles. The number of aliphatic hydroxyl groups is 1. The third-order valence-electron chi connectivity index (χ3n) is 4.44. The van der Waals surface area contributed by atoms with E-state index in [1.54, 1.807) is 6.08 Å². The van der Waals surface area contributed by atoms with Gasteiger partial charge >= 0.3 is 0 Å². The lowest BCUT2D eigenvalue weighted by Gasteiger charge is -2.36. The molecule has 0 bridgehead atoms. The van der Waals surface area contributed by atoms with E-state index in [4.69, 9.17) is 24.7 Å². The lowest BCUT2D eigenvalue weighted by atomic mass is 9.80. The van der Waals surface area contributed by atoms with Crippen LogP contribution in [0, 0.1) is 5.92 Å². The van der Waals surface area contributed by atoms with Crippen molar-refractivity contribution in [3.8, 4) is 11.5 Å². The van der Waals surface area contributed by atoms with E-state index in [0.29, 0.717) is 30.9 Å². The number of amides is 1. The van der Waals surface area contributed by atoms with Gasteiger partial charge in [0.2, 0.25) is 13.1 Å². The highest BCUT2D eigenvalue weighted by Crippen LogP contribution is 2.42. The van der Waals surface area contributed by atoms with Crippen molar-refractivity contribution in [3.63, 3.8) is 0 Å². The largest absolute Gasteiger partial charge is 0.459 e. The van der Waals surface area contributed by atoms with Gasteiger partial charge in [-0.2, -0.15) is 0 Å². The number of allylic oxidation sites excluding steroid dienone is 1. The summed E-state index contributed by atoms with van der Waals surface area (Å²) in [6, 6.07) is 5.69. The number of nitrogens with two attached hydrogens (primary N) is 1. The molecule has 3 N–H and O–H groups in total. The summed E-state index contributed by atoms with van der Waals surface area (Å²) in [5.41, 5.74) is 6.39. The highest BCUT2D eigenvalue weighted by molar-refractivity contribution is 5.90. The quantitative estimate of drug-likeness (QED) is 0.776. The highest BCUT2D eigenvalue weighted by Gasteiger charge is 2.37. The molecular weight excluding hydrogens is 326 g/mol. The Morgan fingerprint density at radius 2 is 2.16 bits per heavy atom. The highest BCUT2D eigenvalue weighted by atomic mass is 16.7. The van der Waals surface area contributed by atoms with E-state index >= 15 is 0 Å². The Bertz CT molecular complexity index is 659. The Balaban J connectivity index is 1.97. The summed E-state index contributed by atoms with van der Waals surface area (Å²) >= 11 is 0. The molecule has 7 heteroatoms. The van der Waals surface area contributed by atoms with E-state index in [2.05, 4.69) is 0 Å². The van der Waals surface area contributed by atoms with Crippen LogP contribution in [-0.2, 0) is 14.3 Å². The number of carbonyl (C=O) groups excluding carboxylic acids is 1. The van der Waals surface area contributed by atoms with Gasteiger partial charge in [0.25, 0.3) is 5.91 Å². The topological polar surface area (TPSA) is 100 Å². The zero-order valence-electron chi connectivity index (χ0n) is 14.1. The number of aliphatic hydroxyl groups excluding tert-OH is 1. The number of carbonyl (C=O) groups is 1. The Morgan fingerprint density at radius 3 is 2.88 bits per heavy atom. The molecule has 0 spiro atoms. The maximum atomic E-state index is 11.7. The predicted molar refractivity (Wildman–Crippen MR) is 88.9 cm³/mol. The summed E-state index contributed by atoms with van der Waals surface area (Å²) in [6.45, 7) is 2.59. The average Bonchev–Trinajstić information content (AvgIpc) is 3.07. The monoisotopic (exact) mass is 349 g/mol. The van der Waals surface area contributed by atoms with Crippen molar-refractivity contribution in [2.24, 2.45) is 11.7 Å². The molecule has 2 aliphatic rings. The van der Waals surface area contributed by atoms with Gasteiger partial charge in [0.05, 0.1) is 0 Å². The van der Waals surface area contributed by atoms with Gasteiger partial charge in [-0.05, 0) is 43.5 Å². The van der Waals surface area contributed by atoms with Crippen molar-refractivity contribution >= 4 is 5.91 Å². The van der Waals surface area contributed by atoms with Crippen molar-refractivity contribution in [1.82, 2.24) is 0 Å². The third kappa shape index (κ3) is 3.72. The van der Waals surface area contributed by atoms with Gasteiger partial charge in [-0.3, -0.25) is 4.79 Å². The molecule has 0 radical (unpaired) electrons. The smallest absolute Gasteiger partial charge is 0.283 e. The van der Waals surface area contributed by atoms with Crippen LogP contribution in [0.15, 0.2) is 30.0 Å². The lowest BCUT2D eigenvalue weighted by molar-refractivity contribution is -0.165. The predicted octanol–water partition coefficient (Wildman–Crippen LogP) is 1.65. The maximum Gasteiger partial charge on any atom is 0.283 e. The van der Waals surface area contributed by atoms with Gasteiger partial charge in [-0.15, -0.1) is 0 Å². The molecule has 3 atom stereocenters. The second kappa shape index (κ2) is 7.76. The fraction of sp³-hybridized carbons (Fsp3) is 0.500. The molecule has 1 aromatic carbocycles. The van der Waals surface area contributed by atoms with Crippen LogP contribution in [0.25, 0.3) is 0 Å². The van der Waals surface area contributed by atoms with Gasteiger partial charge in [0.1, 0.15) is 0 Å². The summed E-state index contributed by atoms with van der Waals surface area (Å²) in [6.07, 6.45) is 2.43. The summed E-state index contributed by atoms with van der Waals surface area (Å²) in [4.78, 5) is 11.7. The Hall–Kier alpha value is -2.25. The molecule has 2 aliphatic heterocycles. The van der Waals surface area contributed by atoms with Crippen LogP contribution in [0.5, 0.6) is 11.5 Å². The number of benzene rings is 1. The molecule has 1 aromatic rings. The summed E-state index contributed by atoms with van der Waals surface area (Å²) < 4.78 is 22.2. The first kappa shape index (κ1) is 17.6. The number of primary amides is 1. The van der Waals surface area contributed by atoms with Crippen LogP contribution in [0.4, 0.5) is 0 Å². The van der Waals surface area contributed by atoms with Crippen LogP contribution >= 0.6 is 0 Å². The number of rotatable bonds is 7. The van der Waals surface area contributed by atoms with Crippen LogP contribution in [0.2, 0.25) is 0 Å². The van der Waals surface area contributed by atoms with Gasteiger partial charge in [-0.25, -0.2) is 0 Å². The summed E-state index contributed by atoms with van der Waals surface area (Å²) in [5.74, 6) is 0.636. The van der Waals surface area contributed by atoms with E-state index < -0.39 is 12.2 Å². The van der Waals surface area contributed by atoms with Crippen molar-refractivity contribution in [3.05, 3.63) is 35.6 Å². The molecule has 136 valence electrons. The van der Waals surface area contributed by atoms with Crippen molar-refractivity contribution < 1.29 is 28.8 Å². The molecule has 0 saturated carbocycles. The minimum atomic E-state index is -0.629. The van der Waals surface area contributed by atoms with Gasteiger partial charge in [0, 0.05) is 25.0 Å². The molecule has 0 saturated heterocycles. The first-order chi connectivity index (χ1) is 12.1. The molecule has 3 rings (SSSR count). The number of hydrogen-bond donors (Lipinski definition) is 2. The van der Waals surface area contributed by atoms with Crippen LogP contribution in [0.3, 0.4) is 0 Å². The first-order valence-corrected chi connectivity index (χ1v) is 8.44. The van der Waals surface area contributed by atoms with Crippen LogP contribution in [0.1, 0.15) is 31.2 Å². The Morgan fingerprint density at radius 1 is 1.36 bits per heavy atom. The first-order valence-electron chi connectivity index (χ1n) is 8.44. The molecule has 0 unspecified atom stereocenters. The average molecular weight is 349 g/mol. The molecule has 1 amide bonds. The van der Waals surface area contributed by atoms with Gasteiger partial charge in [-0.1, -0.05) is 6.07 Å². The fourth-order valence-corrected chi connectivity index (χ4v) is 3.28.